The predicted octanol–water partition coefficient (Wildman–Crippen LogP) is 4.30. The Morgan fingerprint density at radius 2 is 1.68 bits per heavy atom. The molecule has 34 heavy (non-hydrogen) atoms. The molecule has 0 aromatic heterocycles. The van der Waals surface area contributed by atoms with Crippen LogP contribution in [0.25, 0.3) is 5.57 Å². The van der Waals surface area contributed by atoms with E-state index in [1.54, 1.807) is 13.2 Å². The Morgan fingerprint density at radius 3 is 2.38 bits per heavy atom. The van der Waals surface area contributed by atoms with Gasteiger partial charge < -0.3 is 19.7 Å². The fourth-order valence-electron chi connectivity index (χ4n) is 4.52. The molecule has 0 unspecified atom stereocenters. The molecule has 7 heteroatoms. The summed E-state index contributed by atoms with van der Waals surface area (Å²) < 4.78 is 10.9. The van der Waals surface area contributed by atoms with Gasteiger partial charge in [0.15, 0.2) is 0 Å². The van der Waals surface area contributed by atoms with Crippen molar-refractivity contribution in [1.82, 2.24) is 4.90 Å². The van der Waals surface area contributed by atoms with Gasteiger partial charge in [-0.15, -0.1) is 0 Å². The molecule has 2 aromatic rings. The number of benzene rings is 2. The first-order valence-corrected chi connectivity index (χ1v) is 12.1. The SMILES string of the molecule is CCOCCCN1C(=O)C(Nc2ccc(N3CCCCC3)cc2)=C(c2ccccc2OC)C1=O. The number of nitrogens with zero attached hydrogens (tertiary/aromatic N) is 2. The van der Waals surface area contributed by atoms with Crippen molar-refractivity contribution in [3.63, 3.8) is 0 Å². The monoisotopic (exact) mass is 463 g/mol. The van der Waals surface area contributed by atoms with Crippen molar-refractivity contribution in [1.29, 1.82) is 0 Å². The maximum Gasteiger partial charge on any atom is 0.278 e. The third-order valence-electron chi connectivity index (χ3n) is 6.28. The van der Waals surface area contributed by atoms with Gasteiger partial charge in [-0.1, -0.05) is 18.2 Å². The molecule has 4 rings (SSSR count). The molecule has 2 aliphatic heterocycles. The third kappa shape index (κ3) is 5.09. The minimum Gasteiger partial charge on any atom is -0.496 e. The number of imide groups is 1. The number of carbonyl (C=O) groups excluding carboxylic acids is 2. The van der Waals surface area contributed by atoms with E-state index >= 15 is 0 Å². The van der Waals surface area contributed by atoms with E-state index in [9.17, 15) is 9.59 Å². The molecule has 7 nitrogen and oxygen atoms in total. The Hall–Kier alpha value is -3.32. The van der Waals surface area contributed by atoms with Gasteiger partial charge in [-0.25, -0.2) is 0 Å². The molecule has 0 saturated carbocycles. The summed E-state index contributed by atoms with van der Waals surface area (Å²) >= 11 is 0. The lowest BCUT2D eigenvalue weighted by molar-refractivity contribution is -0.137. The minimum atomic E-state index is -0.331. The van der Waals surface area contributed by atoms with Crippen LogP contribution in [0.5, 0.6) is 5.75 Å². The number of methoxy groups -OCH3 is 1. The van der Waals surface area contributed by atoms with E-state index in [1.807, 2.05) is 37.3 Å². The number of ether oxygens (including phenoxy) is 2. The van der Waals surface area contributed by atoms with Crippen LogP contribution >= 0.6 is 0 Å². The van der Waals surface area contributed by atoms with E-state index in [4.69, 9.17) is 9.47 Å². The zero-order valence-corrected chi connectivity index (χ0v) is 20.0. The van der Waals surface area contributed by atoms with E-state index in [0.717, 1.165) is 18.8 Å². The number of hydrogen-bond donors (Lipinski definition) is 1. The molecule has 1 N–H and O–H groups in total. The lowest BCUT2D eigenvalue weighted by Gasteiger charge is -2.28. The largest absolute Gasteiger partial charge is 0.496 e. The maximum absolute atomic E-state index is 13.4. The molecule has 180 valence electrons. The van der Waals surface area contributed by atoms with E-state index in [1.165, 1.54) is 29.8 Å². The van der Waals surface area contributed by atoms with Crippen molar-refractivity contribution < 1.29 is 19.1 Å². The van der Waals surface area contributed by atoms with Crippen molar-refractivity contribution in [3.8, 4) is 5.75 Å². The normalized spacial score (nSPS) is 16.4. The van der Waals surface area contributed by atoms with Gasteiger partial charge in [0.25, 0.3) is 11.8 Å². The highest BCUT2D eigenvalue weighted by Crippen LogP contribution is 2.35. The molecule has 2 aliphatic rings. The van der Waals surface area contributed by atoms with Gasteiger partial charge in [-0.2, -0.15) is 0 Å². The standard InChI is InChI=1S/C27H33N3O4/c1-3-34-19-9-18-30-26(31)24(22-10-5-6-11-23(22)33-2)25(27(30)32)28-20-12-14-21(15-13-20)29-16-7-4-8-17-29/h5-6,10-15,28H,3-4,7-9,16-19H2,1-2H3. The van der Waals surface area contributed by atoms with Gasteiger partial charge in [0.2, 0.25) is 0 Å². The van der Waals surface area contributed by atoms with Crippen LogP contribution in [0.2, 0.25) is 0 Å². The quantitative estimate of drug-likeness (QED) is 0.418. The van der Waals surface area contributed by atoms with Crippen LogP contribution in [0.4, 0.5) is 11.4 Å². The molecule has 2 heterocycles. The predicted molar refractivity (Wildman–Crippen MR) is 134 cm³/mol. The van der Waals surface area contributed by atoms with Crippen molar-refractivity contribution in [3.05, 3.63) is 59.8 Å². The second kappa shape index (κ2) is 11.2. The lowest BCUT2D eigenvalue weighted by Crippen LogP contribution is -2.34. The summed E-state index contributed by atoms with van der Waals surface area (Å²) in [5.74, 6) is -0.101. The molecule has 1 saturated heterocycles. The average molecular weight is 464 g/mol. The smallest absolute Gasteiger partial charge is 0.278 e. The summed E-state index contributed by atoms with van der Waals surface area (Å²) in [6.45, 7) is 5.46. The first-order chi connectivity index (χ1) is 16.6. The van der Waals surface area contributed by atoms with E-state index < -0.39 is 0 Å². The summed E-state index contributed by atoms with van der Waals surface area (Å²) in [5.41, 5.74) is 3.15. The Bertz CT molecular complexity index is 1040. The van der Waals surface area contributed by atoms with Crippen LogP contribution in [0, 0.1) is 0 Å². The molecule has 1 fully saturated rings. The number of carbonyl (C=O) groups is 2. The van der Waals surface area contributed by atoms with Gasteiger partial charge in [0, 0.05) is 49.8 Å². The van der Waals surface area contributed by atoms with Crippen LogP contribution in [0.3, 0.4) is 0 Å². The van der Waals surface area contributed by atoms with Crippen molar-refractivity contribution >= 4 is 28.8 Å². The molecule has 2 amide bonds. The van der Waals surface area contributed by atoms with Crippen LogP contribution < -0.4 is 15.0 Å². The van der Waals surface area contributed by atoms with Crippen LogP contribution in [-0.2, 0) is 14.3 Å². The highest BCUT2D eigenvalue weighted by atomic mass is 16.5. The van der Waals surface area contributed by atoms with Crippen molar-refractivity contribution in [2.75, 3.05) is 50.2 Å². The first-order valence-electron chi connectivity index (χ1n) is 12.1. The van der Waals surface area contributed by atoms with Gasteiger partial charge in [-0.05, 0) is 62.9 Å². The lowest BCUT2D eigenvalue weighted by atomic mass is 10.0. The molecule has 2 aromatic carbocycles. The van der Waals surface area contributed by atoms with Gasteiger partial charge in [-0.3, -0.25) is 14.5 Å². The number of amides is 2. The summed E-state index contributed by atoms with van der Waals surface area (Å²) in [6.07, 6.45) is 4.30. The molecule has 0 aliphatic carbocycles. The first kappa shape index (κ1) is 23.8. The molecular formula is C27H33N3O4. The van der Waals surface area contributed by atoms with Gasteiger partial charge in [0.1, 0.15) is 11.4 Å². The number of para-hydroxylation sites is 1. The van der Waals surface area contributed by atoms with Crippen molar-refractivity contribution in [2.45, 2.75) is 32.6 Å². The molecule has 0 atom stereocenters. The average Bonchev–Trinajstić information content (AvgIpc) is 3.11. The number of piperidine rings is 1. The van der Waals surface area contributed by atoms with Gasteiger partial charge >= 0.3 is 0 Å². The topological polar surface area (TPSA) is 71.1 Å². The molecular weight excluding hydrogens is 430 g/mol. The molecule has 0 bridgehead atoms. The zero-order chi connectivity index (χ0) is 23.9. The summed E-state index contributed by atoms with van der Waals surface area (Å²) in [6, 6.07) is 15.4. The molecule has 0 radical (unpaired) electrons. The Balaban J connectivity index is 1.62. The van der Waals surface area contributed by atoms with Gasteiger partial charge in [0.05, 0.1) is 12.7 Å². The van der Waals surface area contributed by atoms with Crippen LogP contribution in [0.15, 0.2) is 54.2 Å². The molecule has 0 spiro atoms. The highest BCUT2D eigenvalue weighted by Gasteiger charge is 2.39. The zero-order valence-electron chi connectivity index (χ0n) is 20.0. The fraction of sp³-hybridized carbons (Fsp3) is 0.407. The second-order valence-corrected chi connectivity index (χ2v) is 8.48. The van der Waals surface area contributed by atoms with E-state index in [-0.39, 0.29) is 17.5 Å². The summed E-state index contributed by atoms with van der Waals surface area (Å²) in [4.78, 5) is 30.5. The van der Waals surface area contributed by atoms with E-state index in [2.05, 4.69) is 22.3 Å². The second-order valence-electron chi connectivity index (χ2n) is 8.48. The third-order valence-corrected chi connectivity index (χ3v) is 6.28. The van der Waals surface area contributed by atoms with Crippen LogP contribution in [-0.4, -0.2) is 56.7 Å². The Labute approximate surface area is 201 Å². The fourth-order valence-corrected chi connectivity index (χ4v) is 4.52. The number of anilines is 2. The maximum atomic E-state index is 13.4. The van der Waals surface area contributed by atoms with E-state index in [0.29, 0.717) is 43.1 Å². The van der Waals surface area contributed by atoms with Crippen molar-refractivity contribution in [2.24, 2.45) is 0 Å². The van der Waals surface area contributed by atoms with Crippen LogP contribution in [0.1, 0.15) is 38.2 Å². The Kier molecular flexibility index (Phi) is 7.85. The number of hydrogen-bond acceptors (Lipinski definition) is 6. The number of nitrogens with one attached hydrogen (secondary N) is 1. The summed E-state index contributed by atoms with van der Waals surface area (Å²) in [7, 11) is 1.56. The summed E-state index contributed by atoms with van der Waals surface area (Å²) in [5, 5.41) is 3.24. The minimum absolute atomic E-state index is 0.275. The highest BCUT2D eigenvalue weighted by molar-refractivity contribution is 6.37. The Morgan fingerprint density at radius 1 is 0.941 bits per heavy atom. The number of rotatable bonds is 10.